The third-order valence-corrected chi connectivity index (χ3v) is 6.87. The Kier molecular flexibility index (Phi) is 8.58. The zero-order chi connectivity index (χ0) is 23.2. The van der Waals surface area contributed by atoms with E-state index in [9.17, 15) is 18.3 Å². The minimum atomic E-state index is -3.71. The van der Waals surface area contributed by atoms with Crippen LogP contribution in [0.2, 0.25) is 0 Å². The van der Waals surface area contributed by atoms with Gasteiger partial charge in [-0.2, -0.15) is 0 Å². The molecule has 0 radical (unpaired) electrons. The van der Waals surface area contributed by atoms with Crippen LogP contribution in [0.15, 0.2) is 35.2 Å². The Morgan fingerprint density at radius 3 is 2.13 bits per heavy atom. The van der Waals surface area contributed by atoms with Crippen molar-refractivity contribution >= 4 is 16.0 Å². The van der Waals surface area contributed by atoms with Crippen molar-refractivity contribution < 1.29 is 27.8 Å². The predicted octanol–water partition coefficient (Wildman–Crippen LogP) is 1.72. The molecule has 0 unspecified atom stereocenters. The largest absolute Gasteiger partial charge is 0.496 e. The minimum absolute atomic E-state index is 0.140. The lowest BCUT2D eigenvalue weighted by Gasteiger charge is -2.17. The lowest BCUT2D eigenvalue weighted by molar-refractivity contribution is -0.144. The van der Waals surface area contributed by atoms with E-state index in [0.29, 0.717) is 23.4 Å². The third kappa shape index (κ3) is 6.04. The van der Waals surface area contributed by atoms with Gasteiger partial charge >= 0.3 is 5.97 Å². The van der Waals surface area contributed by atoms with Crippen molar-refractivity contribution in [2.45, 2.75) is 44.8 Å². The second-order valence-corrected chi connectivity index (χ2v) is 8.96. The van der Waals surface area contributed by atoms with E-state index in [4.69, 9.17) is 4.74 Å². The van der Waals surface area contributed by atoms with Crippen LogP contribution in [0.1, 0.15) is 27.8 Å². The molecule has 0 amide bonds. The van der Waals surface area contributed by atoms with Crippen LogP contribution in [0.4, 0.5) is 0 Å². The maximum atomic E-state index is 12.9. The number of benzene rings is 2. The van der Waals surface area contributed by atoms with E-state index in [-0.39, 0.29) is 18.0 Å². The Hall–Kier alpha value is -2.46. The highest BCUT2D eigenvalue weighted by Gasteiger charge is 2.22. The van der Waals surface area contributed by atoms with Crippen LogP contribution in [0.5, 0.6) is 5.75 Å². The zero-order valence-corrected chi connectivity index (χ0v) is 19.3. The van der Waals surface area contributed by atoms with Gasteiger partial charge < -0.3 is 14.6 Å². The molecule has 3 N–H and O–H groups in total. The summed E-state index contributed by atoms with van der Waals surface area (Å²) >= 11 is 0. The first-order valence-electron chi connectivity index (χ1n) is 9.79. The molecule has 0 heterocycles. The van der Waals surface area contributed by atoms with Crippen LogP contribution in [0.3, 0.4) is 0 Å². The van der Waals surface area contributed by atoms with Crippen LogP contribution in [0, 0.1) is 20.8 Å². The monoisotopic (exact) mass is 450 g/mol. The third-order valence-electron chi connectivity index (χ3n) is 5.18. The van der Waals surface area contributed by atoms with Crippen LogP contribution < -0.4 is 14.8 Å². The minimum Gasteiger partial charge on any atom is -0.496 e. The molecule has 9 heteroatoms. The smallest absolute Gasteiger partial charge is 0.325 e. The molecule has 31 heavy (non-hydrogen) atoms. The van der Waals surface area contributed by atoms with Crippen molar-refractivity contribution in [3.05, 3.63) is 58.1 Å². The lowest BCUT2D eigenvalue weighted by atomic mass is 10.1. The summed E-state index contributed by atoms with van der Waals surface area (Å²) in [5, 5.41) is 12.2. The van der Waals surface area contributed by atoms with Crippen LogP contribution in [-0.4, -0.2) is 46.4 Å². The molecule has 0 bridgehead atoms. The highest BCUT2D eigenvalue weighted by molar-refractivity contribution is 7.89. The SMILES string of the molecule is COC(=O)[C@H](CO)NCc1ccc(CNS(=O)(=O)c2c(C)cc(OC)c(C)c2C)cc1. The van der Waals surface area contributed by atoms with Gasteiger partial charge in [-0.3, -0.25) is 10.1 Å². The molecule has 1 atom stereocenters. The van der Waals surface area contributed by atoms with Gasteiger partial charge in [-0.1, -0.05) is 24.3 Å². The topological polar surface area (TPSA) is 114 Å². The van der Waals surface area contributed by atoms with Crippen LogP contribution >= 0.6 is 0 Å². The molecule has 2 rings (SSSR count). The van der Waals surface area contributed by atoms with Crippen LogP contribution in [-0.2, 0) is 32.6 Å². The molecule has 0 saturated carbocycles. The summed E-state index contributed by atoms with van der Waals surface area (Å²) in [6, 6.07) is 8.21. The summed E-state index contributed by atoms with van der Waals surface area (Å²) in [4.78, 5) is 11.8. The fourth-order valence-electron chi connectivity index (χ4n) is 3.28. The zero-order valence-electron chi connectivity index (χ0n) is 18.5. The van der Waals surface area contributed by atoms with Gasteiger partial charge in [-0.05, 0) is 54.7 Å². The molecular weight excluding hydrogens is 420 g/mol. The molecule has 0 spiro atoms. The average Bonchev–Trinajstić information content (AvgIpc) is 2.75. The van der Waals surface area contributed by atoms with Crippen molar-refractivity contribution in [3.8, 4) is 5.75 Å². The number of aliphatic hydroxyl groups excluding tert-OH is 1. The van der Waals surface area contributed by atoms with Gasteiger partial charge in [-0.15, -0.1) is 0 Å². The molecule has 8 nitrogen and oxygen atoms in total. The summed E-state index contributed by atoms with van der Waals surface area (Å²) in [7, 11) is -0.887. The number of rotatable bonds is 10. The number of aryl methyl sites for hydroxylation is 1. The summed E-state index contributed by atoms with van der Waals surface area (Å²) in [6.07, 6.45) is 0. The number of carbonyl (C=O) groups excluding carboxylic acids is 1. The summed E-state index contributed by atoms with van der Waals surface area (Å²) in [5.41, 5.74) is 3.75. The molecule has 2 aromatic carbocycles. The highest BCUT2D eigenvalue weighted by Crippen LogP contribution is 2.30. The maximum absolute atomic E-state index is 12.9. The molecule has 0 fully saturated rings. The standard InChI is InChI=1S/C22H30N2O6S/c1-14-10-20(29-4)15(2)16(3)21(14)31(27,28)24-12-18-8-6-17(7-9-18)11-23-19(13-25)22(26)30-5/h6-10,19,23-25H,11-13H2,1-5H3/t19-/m0/s1. The Bertz CT molecular complexity index is 1020. The first kappa shape index (κ1) is 24.8. The number of hydrogen-bond donors (Lipinski definition) is 3. The number of aliphatic hydroxyl groups is 1. The number of ether oxygens (including phenoxy) is 2. The van der Waals surface area contributed by atoms with E-state index in [2.05, 4.69) is 14.8 Å². The van der Waals surface area contributed by atoms with Crippen molar-refractivity contribution in [1.82, 2.24) is 10.0 Å². The summed E-state index contributed by atoms with van der Waals surface area (Å²) in [6.45, 7) is 5.49. The van der Waals surface area contributed by atoms with Crippen LogP contribution in [0.25, 0.3) is 0 Å². The van der Waals surface area contributed by atoms with E-state index in [1.54, 1.807) is 27.0 Å². The molecule has 2 aromatic rings. The van der Waals surface area contributed by atoms with Gasteiger partial charge in [-0.25, -0.2) is 13.1 Å². The van der Waals surface area contributed by atoms with E-state index < -0.39 is 22.0 Å². The lowest BCUT2D eigenvalue weighted by Crippen LogP contribution is -2.40. The Balaban J connectivity index is 2.07. The molecule has 0 aliphatic rings. The molecule has 0 aliphatic heterocycles. The summed E-state index contributed by atoms with van der Waals surface area (Å²) in [5.74, 6) is 0.127. The number of sulfonamides is 1. The first-order chi connectivity index (χ1) is 14.6. The van der Waals surface area contributed by atoms with Gasteiger partial charge in [0.2, 0.25) is 10.0 Å². The Morgan fingerprint density at radius 2 is 1.61 bits per heavy atom. The molecule has 0 saturated heterocycles. The average molecular weight is 451 g/mol. The molecule has 170 valence electrons. The van der Waals surface area contributed by atoms with Gasteiger partial charge in [0.1, 0.15) is 11.8 Å². The van der Waals surface area contributed by atoms with Gasteiger partial charge in [0.05, 0.1) is 25.7 Å². The highest BCUT2D eigenvalue weighted by atomic mass is 32.2. The van der Waals surface area contributed by atoms with Gasteiger partial charge in [0, 0.05) is 13.1 Å². The number of hydrogen-bond acceptors (Lipinski definition) is 7. The molecule has 0 aromatic heterocycles. The Morgan fingerprint density at radius 1 is 1.03 bits per heavy atom. The molecular formula is C22H30N2O6S. The van der Waals surface area contributed by atoms with Crippen molar-refractivity contribution in [1.29, 1.82) is 0 Å². The van der Waals surface area contributed by atoms with Crippen molar-refractivity contribution in [2.24, 2.45) is 0 Å². The number of esters is 1. The summed E-state index contributed by atoms with van der Waals surface area (Å²) < 4.78 is 38.5. The fourth-order valence-corrected chi connectivity index (χ4v) is 4.82. The van der Waals surface area contributed by atoms with Gasteiger partial charge in [0.15, 0.2) is 0 Å². The second kappa shape index (κ2) is 10.7. The Labute approximate surface area is 183 Å². The van der Waals surface area contributed by atoms with E-state index >= 15 is 0 Å². The van der Waals surface area contributed by atoms with Crippen molar-refractivity contribution in [2.75, 3.05) is 20.8 Å². The number of nitrogens with one attached hydrogen (secondary N) is 2. The first-order valence-corrected chi connectivity index (χ1v) is 11.3. The fraction of sp³-hybridized carbons (Fsp3) is 0.409. The quantitative estimate of drug-likeness (QED) is 0.472. The number of carbonyl (C=O) groups is 1. The predicted molar refractivity (Wildman–Crippen MR) is 117 cm³/mol. The van der Waals surface area contributed by atoms with Crippen molar-refractivity contribution in [3.63, 3.8) is 0 Å². The van der Waals surface area contributed by atoms with E-state index in [1.165, 1.54) is 7.11 Å². The van der Waals surface area contributed by atoms with E-state index in [1.807, 2.05) is 31.2 Å². The second-order valence-electron chi connectivity index (χ2n) is 7.26. The van der Waals surface area contributed by atoms with Gasteiger partial charge in [0.25, 0.3) is 0 Å². The molecule has 0 aliphatic carbocycles. The maximum Gasteiger partial charge on any atom is 0.325 e. The van der Waals surface area contributed by atoms with E-state index in [0.717, 1.165) is 16.7 Å². The number of methoxy groups -OCH3 is 2. The normalized spacial score (nSPS) is 12.5.